The molecule has 0 aliphatic heterocycles. The van der Waals surface area contributed by atoms with Crippen molar-refractivity contribution in [2.45, 2.75) is 13.3 Å². The summed E-state index contributed by atoms with van der Waals surface area (Å²) >= 11 is 0. The monoisotopic (exact) mass is 329 g/mol. The van der Waals surface area contributed by atoms with Crippen LogP contribution in [0.4, 0.5) is 10.1 Å². The maximum Gasteiger partial charge on any atom is 0.255 e. The molecular formula is C19H20FNO3. The number of halogens is 1. The van der Waals surface area contributed by atoms with Gasteiger partial charge in [0.15, 0.2) is 11.5 Å². The second kappa shape index (κ2) is 7.64. The van der Waals surface area contributed by atoms with Crippen molar-refractivity contribution in [3.8, 4) is 11.5 Å². The van der Waals surface area contributed by atoms with Gasteiger partial charge in [-0.3, -0.25) is 4.79 Å². The van der Waals surface area contributed by atoms with E-state index in [2.05, 4.69) is 11.9 Å². The third kappa shape index (κ3) is 3.74. The van der Waals surface area contributed by atoms with E-state index in [0.29, 0.717) is 34.7 Å². The van der Waals surface area contributed by atoms with Gasteiger partial charge in [0.05, 0.1) is 14.2 Å². The number of rotatable bonds is 6. The van der Waals surface area contributed by atoms with Crippen LogP contribution in [0, 0.1) is 12.7 Å². The lowest BCUT2D eigenvalue weighted by molar-refractivity contribution is 0.102. The molecule has 0 bridgehead atoms. The Hall–Kier alpha value is -2.82. The average molecular weight is 329 g/mol. The van der Waals surface area contributed by atoms with Crippen molar-refractivity contribution in [1.29, 1.82) is 0 Å². The third-order valence-electron chi connectivity index (χ3n) is 3.62. The Morgan fingerprint density at radius 2 is 2.00 bits per heavy atom. The molecule has 2 rings (SSSR count). The van der Waals surface area contributed by atoms with Gasteiger partial charge in [-0.05, 0) is 49.2 Å². The lowest BCUT2D eigenvalue weighted by atomic mass is 10.0. The predicted octanol–water partition coefficient (Wildman–Crippen LogP) is 4.13. The summed E-state index contributed by atoms with van der Waals surface area (Å²) in [5.41, 5.74) is 2.43. The first-order valence-electron chi connectivity index (χ1n) is 7.43. The van der Waals surface area contributed by atoms with Crippen LogP contribution in [0.1, 0.15) is 21.5 Å². The first-order chi connectivity index (χ1) is 11.5. The van der Waals surface area contributed by atoms with Crippen LogP contribution in [0.3, 0.4) is 0 Å². The number of benzene rings is 2. The zero-order valence-corrected chi connectivity index (χ0v) is 14.0. The summed E-state index contributed by atoms with van der Waals surface area (Å²) in [5, 5.41) is 2.78. The van der Waals surface area contributed by atoms with Gasteiger partial charge in [-0.25, -0.2) is 4.39 Å². The fourth-order valence-corrected chi connectivity index (χ4v) is 2.44. The topological polar surface area (TPSA) is 47.6 Å². The van der Waals surface area contributed by atoms with Gasteiger partial charge < -0.3 is 14.8 Å². The number of allylic oxidation sites excluding steroid dienone is 1. The Morgan fingerprint density at radius 3 is 2.58 bits per heavy atom. The summed E-state index contributed by atoms with van der Waals surface area (Å²) in [6.45, 7) is 5.45. The Morgan fingerprint density at radius 1 is 1.25 bits per heavy atom. The van der Waals surface area contributed by atoms with Gasteiger partial charge in [0.2, 0.25) is 0 Å². The molecule has 24 heavy (non-hydrogen) atoms. The van der Waals surface area contributed by atoms with Crippen molar-refractivity contribution < 1.29 is 18.7 Å². The Labute approximate surface area is 140 Å². The number of anilines is 1. The van der Waals surface area contributed by atoms with E-state index in [1.165, 1.54) is 25.3 Å². The minimum Gasteiger partial charge on any atom is -0.493 e. The molecule has 0 heterocycles. The fraction of sp³-hybridized carbons (Fsp3) is 0.211. The van der Waals surface area contributed by atoms with E-state index in [0.717, 1.165) is 5.56 Å². The smallest absolute Gasteiger partial charge is 0.255 e. The van der Waals surface area contributed by atoms with Crippen molar-refractivity contribution in [1.82, 2.24) is 0 Å². The maximum absolute atomic E-state index is 13.2. The predicted molar refractivity (Wildman–Crippen MR) is 92.5 cm³/mol. The zero-order chi connectivity index (χ0) is 17.7. The molecule has 0 radical (unpaired) electrons. The van der Waals surface area contributed by atoms with Crippen LogP contribution in [-0.4, -0.2) is 20.1 Å². The highest BCUT2D eigenvalue weighted by Gasteiger charge is 2.16. The molecule has 0 aliphatic rings. The summed E-state index contributed by atoms with van der Waals surface area (Å²) in [6, 6.07) is 7.55. The molecule has 2 aromatic rings. The minimum absolute atomic E-state index is 0.309. The molecule has 0 fully saturated rings. The Bertz CT molecular complexity index is 771. The van der Waals surface area contributed by atoms with Crippen LogP contribution in [0.2, 0.25) is 0 Å². The largest absolute Gasteiger partial charge is 0.493 e. The zero-order valence-electron chi connectivity index (χ0n) is 14.0. The normalized spacial score (nSPS) is 10.2. The van der Waals surface area contributed by atoms with Gasteiger partial charge in [-0.2, -0.15) is 0 Å². The Balaban J connectivity index is 2.38. The van der Waals surface area contributed by atoms with Crippen LogP contribution < -0.4 is 14.8 Å². The van der Waals surface area contributed by atoms with E-state index in [1.807, 2.05) is 0 Å². The van der Waals surface area contributed by atoms with Crippen molar-refractivity contribution in [2.24, 2.45) is 0 Å². The molecule has 4 nitrogen and oxygen atoms in total. The highest BCUT2D eigenvalue weighted by Crippen LogP contribution is 2.33. The SMILES string of the molecule is C=CCc1cc(C(=O)Nc2ccc(F)cc2C)cc(OC)c1OC. The quantitative estimate of drug-likeness (QED) is 0.811. The summed E-state index contributed by atoms with van der Waals surface area (Å²) in [4.78, 5) is 12.5. The first-order valence-corrected chi connectivity index (χ1v) is 7.43. The molecule has 2 aromatic carbocycles. The van der Waals surface area contributed by atoms with Gasteiger partial charge in [-0.1, -0.05) is 6.08 Å². The van der Waals surface area contributed by atoms with E-state index < -0.39 is 0 Å². The van der Waals surface area contributed by atoms with E-state index in [9.17, 15) is 9.18 Å². The number of carbonyl (C=O) groups is 1. The van der Waals surface area contributed by atoms with Crippen LogP contribution in [0.15, 0.2) is 43.0 Å². The average Bonchev–Trinajstić information content (AvgIpc) is 2.56. The number of amides is 1. The number of ether oxygens (including phenoxy) is 2. The lowest BCUT2D eigenvalue weighted by Crippen LogP contribution is -2.14. The van der Waals surface area contributed by atoms with E-state index in [4.69, 9.17) is 9.47 Å². The highest BCUT2D eigenvalue weighted by molar-refractivity contribution is 6.05. The summed E-state index contributed by atoms with van der Waals surface area (Å²) in [7, 11) is 3.06. The van der Waals surface area contributed by atoms with Crippen LogP contribution >= 0.6 is 0 Å². The van der Waals surface area contributed by atoms with E-state index in [1.54, 1.807) is 32.2 Å². The van der Waals surface area contributed by atoms with E-state index in [-0.39, 0.29) is 11.7 Å². The molecule has 0 saturated carbocycles. The third-order valence-corrected chi connectivity index (χ3v) is 3.62. The molecule has 0 saturated heterocycles. The van der Waals surface area contributed by atoms with Crippen LogP contribution in [-0.2, 0) is 6.42 Å². The molecule has 126 valence electrons. The number of aryl methyl sites for hydroxylation is 1. The molecular weight excluding hydrogens is 309 g/mol. The second-order valence-corrected chi connectivity index (χ2v) is 5.28. The molecule has 5 heteroatoms. The molecule has 0 aromatic heterocycles. The molecule has 0 atom stereocenters. The molecule has 0 spiro atoms. The lowest BCUT2D eigenvalue weighted by Gasteiger charge is -2.15. The number of methoxy groups -OCH3 is 2. The van der Waals surface area contributed by atoms with Crippen LogP contribution in [0.5, 0.6) is 11.5 Å². The van der Waals surface area contributed by atoms with E-state index >= 15 is 0 Å². The summed E-state index contributed by atoms with van der Waals surface area (Å²) in [5.74, 6) is 0.394. The van der Waals surface area contributed by atoms with Crippen molar-refractivity contribution in [3.63, 3.8) is 0 Å². The van der Waals surface area contributed by atoms with Crippen LogP contribution in [0.25, 0.3) is 0 Å². The number of hydrogen-bond donors (Lipinski definition) is 1. The maximum atomic E-state index is 13.2. The Kier molecular flexibility index (Phi) is 5.58. The number of nitrogens with one attached hydrogen (secondary N) is 1. The van der Waals surface area contributed by atoms with Gasteiger partial charge in [0, 0.05) is 16.8 Å². The second-order valence-electron chi connectivity index (χ2n) is 5.28. The fourth-order valence-electron chi connectivity index (χ4n) is 2.44. The molecule has 1 amide bonds. The highest BCUT2D eigenvalue weighted by atomic mass is 19.1. The van der Waals surface area contributed by atoms with Gasteiger partial charge in [-0.15, -0.1) is 6.58 Å². The number of carbonyl (C=O) groups excluding carboxylic acids is 1. The van der Waals surface area contributed by atoms with Crippen molar-refractivity contribution >= 4 is 11.6 Å². The molecule has 0 unspecified atom stereocenters. The molecule has 0 aliphatic carbocycles. The first kappa shape index (κ1) is 17.5. The van der Waals surface area contributed by atoms with Gasteiger partial charge >= 0.3 is 0 Å². The number of hydrogen-bond acceptors (Lipinski definition) is 3. The van der Waals surface area contributed by atoms with Crippen molar-refractivity contribution in [3.05, 3.63) is 65.5 Å². The molecule has 1 N–H and O–H groups in total. The summed E-state index contributed by atoms with van der Waals surface area (Å²) < 4.78 is 23.8. The minimum atomic E-state index is -0.343. The van der Waals surface area contributed by atoms with Gasteiger partial charge in [0.1, 0.15) is 5.82 Å². The van der Waals surface area contributed by atoms with Crippen molar-refractivity contribution in [2.75, 3.05) is 19.5 Å². The van der Waals surface area contributed by atoms with Gasteiger partial charge in [0.25, 0.3) is 5.91 Å². The standard InChI is InChI=1S/C19H20FNO3/c1-5-6-13-10-14(11-17(23-3)18(13)24-4)19(22)21-16-8-7-15(20)9-12(16)2/h5,7-11H,1,6H2,2-4H3,(H,21,22). The summed E-state index contributed by atoms with van der Waals surface area (Å²) in [6.07, 6.45) is 2.26.